The summed E-state index contributed by atoms with van der Waals surface area (Å²) in [6, 6.07) is 4.17. The van der Waals surface area contributed by atoms with Crippen molar-refractivity contribution in [2.45, 2.75) is 83.6 Å². The molecule has 3 aliphatic rings. The lowest BCUT2D eigenvalue weighted by atomic mass is 9.62. The van der Waals surface area contributed by atoms with E-state index in [1.807, 2.05) is 52.0 Å². The second-order valence-electron chi connectivity index (χ2n) is 11.9. The Morgan fingerprint density at radius 1 is 1.25 bits per heavy atom. The van der Waals surface area contributed by atoms with Crippen LogP contribution in [-0.2, 0) is 23.9 Å². The zero-order chi connectivity index (χ0) is 29.4. The average molecular weight is 553 g/mol. The number of carbonyl (C=O) groups is 3. The highest BCUT2D eigenvalue weighted by atomic mass is 16.6. The van der Waals surface area contributed by atoms with Gasteiger partial charge in [-0.2, -0.15) is 0 Å². The number of para-hydroxylation sites is 1. The summed E-state index contributed by atoms with van der Waals surface area (Å²) >= 11 is 0. The van der Waals surface area contributed by atoms with Crippen molar-refractivity contribution in [3.63, 3.8) is 0 Å². The molecule has 8 heteroatoms. The molecule has 218 valence electrons. The van der Waals surface area contributed by atoms with E-state index in [2.05, 4.69) is 13.2 Å². The van der Waals surface area contributed by atoms with Crippen LogP contribution in [-0.4, -0.2) is 70.8 Å². The highest BCUT2D eigenvalue weighted by molar-refractivity contribution is 6.05. The molecule has 8 nitrogen and oxygen atoms in total. The maximum Gasteiger partial charge on any atom is 0.312 e. The van der Waals surface area contributed by atoms with Gasteiger partial charge in [-0.1, -0.05) is 37.3 Å². The Balaban J connectivity index is 1.78. The predicted octanol–water partition coefficient (Wildman–Crippen LogP) is 4.11. The van der Waals surface area contributed by atoms with Crippen molar-refractivity contribution in [3.05, 3.63) is 54.6 Å². The number of allylic oxidation sites excluding steroid dienone is 1. The number of aliphatic hydroxyl groups is 1. The Labute approximate surface area is 238 Å². The van der Waals surface area contributed by atoms with Crippen LogP contribution < -0.4 is 4.90 Å². The minimum Gasteiger partial charge on any atom is -0.465 e. The molecule has 0 saturated carbocycles. The molecule has 1 N–H and O–H groups in total. The number of hydrogen-bond donors (Lipinski definition) is 1. The topological polar surface area (TPSA) is 96.4 Å². The number of aryl methyl sites for hydroxylation is 2. The molecule has 3 unspecified atom stereocenters. The Kier molecular flexibility index (Phi) is 8.62. The van der Waals surface area contributed by atoms with Crippen LogP contribution in [0.3, 0.4) is 0 Å². The van der Waals surface area contributed by atoms with Crippen LogP contribution in [0.2, 0.25) is 0 Å². The van der Waals surface area contributed by atoms with Gasteiger partial charge in [0, 0.05) is 12.2 Å². The van der Waals surface area contributed by atoms with Gasteiger partial charge < -0.3 is 24.4 Å². The number of unbranched alkanes of at least 4 members (excludes halogenated alkanes) is 2. The lowest BCUT2D eigenvalue weighted by Crippen LogP contribution is -2.59. The summed E-state index contributed by atoms with van der Waals surface area (Å²) in [5, 5.41) is 10.2. The minimum absolute atomic E-state index is 0.0948. The molecular formula is C32H44N2O6. The number of amides is 2. The van der Waals surface area contributed by atoms with Crippen molar-refractivity contribution in [1.29, 1.82) is 0 Å². The predicted molar refractivity (Wildman–Crippen MR) is 154 cm³/mol. The van der Waals surface area contributed by atoms with E-state index in [-0.39, 0.29) is 37.5 Å². The smallest absolute Gasteiger partial charge is 0.312 e. The van der Waals surface area contributed by atoms with Gasteiger partial charge in [0.15, 0.2) is 0 Å². The first-order valence-corrected chi connectivity index (χ1v) is 14.4. The first-order valence-electron chi connectivity index (χ1n) is 14.4. The zero-order valence-electron chi connectivity index (χ0n) is 24.5. The molecule has 1 spiro atoms. The van der Waals surface area contributed by atoms with Crippen molar-refractivity contribution in [1.82, 2.24) is 4.90 Å². The highest BCUT2D eigenvalue weighted by Crippen LogP contribution is 2.65. The summed E-state index contributed by atoms with van der Waals surface area (Å²) in [6.07, 6.45) is 6.33. The third kappa shape index (κ3) is 4.59. The van der Waals surface area contributed by atoms with E-state index in [9.17, 15) is 19.5 Å². The number of aliphatic hydroxyl groups excluding tert-OH is 1. The number of nitrogens with zero attached hydrogens (tertiary/aromatic N) is 2. The van der Waals surface area contributed by atoms with E-state index in [0.717, 1.165) is 29.7 Å². The van der Waals surface area contributed by atoms with Gasteiger partial charge in [0.2, 0.25) is 5.91 Å². The van der Waals surface area contributed by atoms with E-state index >= 15 is 0 Å². The molecule has 1 aromatic carbocycles. The lowest BCUT2D eigenvalue weighted by molar-refractivity contribution is -0.162. The molecule has 1 aromatic rings. The van der Waals surface area contributed by atoms with Gasteiger partial charge in [-0.15, -0.1) is 13.2 Å². The second kappa shape index (κ2) is 11.5. The summed E-state index contributed by atoms with van der Waals surface area (Å²) < 4.78 is 12.5. The Morgan fingerprint density at radius 2 is 1.93 bits per heavy atom. The van der Waals surface area contributed by atoms with Crippen molar-refractivity contribution < 1.29 is 29.0 Å². The lowest BCUT2D eigenvalue weighted by Gasteiger charge is -2.39. The van der Waals surface area contributed by atoms with E-state index in [4.69, 9.17) is 9.47 Å². The number of fused-ring (bicyclic) bond motifs is 1. The normalized spacial score (nSPS) is 31.1. The number of benzene rings is 1. The maximum atomic E-state index is 14.7. The Hall–Kier alpha value is -2.97. The third-order valence-electron chi connectivity index (χ3n) is 9.31. The SMILES string of the molecule is C=CCCCCOC(=O)[C@H]1[C@H]2C(=O)N([C@H](C)CO)C(C(=O)N(CC=C)c3c(C)cccc3C)C23CC(C)[C@]1(C)O3. The molecule has 0 radical (unpaired) electrons. The maximum absolute atomic E-state index is 14.7. The van der Waals surface area contributed by atoms with E-state index in [1.54, 1.807) is 17.9 Å². The van der Waals surface area contributed by atoms with Crippen LogP contribution in [0.4, 0.5) is 5.69 Å². The fraction of sp³-hybridized carbons (Fsp3) is 0.594. The van der Waals surface area contributed by atoms with Crippen LogP contribution in [0.25, 0.3) is 0 Å². The van der Waals surface area contributed by atoms with Crippen molar-refractivity contribution in [2.24, 2.45) is 17.8 Å². The molecule has 0 aromatic heterocycles. The molecule has 0 aliphatic carbocycles. The number of hydrogen-bond acceptors (Lipinski definition) is 6. The first-order chi connectivity index (χ1) is 19.0. The quantitative estimate of drug-likeness (QED) is 0.238. The standard InChI is InChI=1S/C32H44N2O6/c1-8-10-11-12-17-39-30(38)25-24-28(36)34(23(6)19-35)27(32(24)18-22(5)31(25,7)40-32)29(37)33(16-9-2)26-20(3)14-13-15-21(26)4/h8-9,13-15,22-25,27,35H,1-2,10-12,16-19H2,3-7H3/t22?,23-,24+,25-,27?,31+,32?/m1/s1. The third-order valence-corrected chi connectivity index (χ3v) is 9.31. The number of carbonyl (C=O) groups excluding carboxylic acids is 3. The summed E-state index contributed by atoms with van der Waals surface area (Å²) in [5.74, 6) is -2.92. The molecule has 3 heterocycles. The number of anilines is 1. The van der Waals surface area contributed by atoms with Crippen LogP contribution in [0.5, 0.6) is 0 Å². The van der Waals surface area contributed by atoms with Crippen molar-refractivity contribution in [2.75, 3.05) is 24.7 Å². The molecule has 4 rings (SSSR count). The monoisotopic (exact) mass is 552 g/mol. The van der Waals surface area contributed by atoms with Gasteiger partial charge in [0.05, 0.1) is 30.8 Å². The number of ether oxygens (including phenoxy) is 2. The first kappa shape index (κ1) is 30.0. The summed E-state index contributed by atoms with van der Waals surface area (Å²) in [7, 11) is 0. The minimum atomic E-state index is -1.21. The van der Waals surface area contributed by atoms with Crippen LogP contribution in [0.1, 0.15) is 57.6 Å². The van der Waals surface area contributed by atoms with Gasteiger partial charge >= 0.3 is 5.97 Å². The molecule has 2 amide bonds. The number of esters is 1. The highest BCUT2D eigenvalue weighted by Gasteiger charge is 2.80. The second-order valence-corrected chi connectivity index (χ2v) is 11.9. The van der Waals surface area contributed by atoms with Crippen LogP contribution in [0.15, 0.2) is 43.5 Å². The summed E-state index contributed by atoms with van der Waals surface area (Å²) in [4.78, 5) is 45.7. The summed E-state index contributed by atoms with van der Waals surface area (Å²) in [5.41, 5.74) is 0.441. The Morgan fingerprint density at radius 3 is 2.52 bits per heavy atom. The van der Waals surface area contributed by atoms with Crippen molar-refractivity contribution in [3.8, 4) is 0 Å². The van der Waals surface area contributed by atoms with Gasteiger partial charge in [0.1, 0.15) is 17.6 Å². The number of rotatable bonds is 12. The molecule has 40 heavy (non-hydrogen) atoms. The number of likely N-dealkylation sites (tertiary alicyclic amines) is 1. The van der Waals surface area contributed by atoms with Crippen LogP contribution in [0, 0.1) is 31.6 Å². The Bertz CT molecular complexity index is 1160. The van der Waals surface area contributed by atoms with Crippen LogP contribution >= 0.6 is 0 Å². The fourth-order valence-corrected chi connectivity index (χ4v) is 7.33. The van der Waals surface area contributed by atoms with E-state index in [1.165, 1.54) is 4.90 Å². The van der Waals surface area contributed by atoms with Gasteiger partial charge in [0.25, 0.3) is 5.91 Å². The largest absolute Gasteiger partial charge is 0.465 e. The summed E-state index contributed by atoms with van der Waals surface area (Å²) in [6.45, 7) is 17.3. The molecule has 3 fully saturated rings. The molecular weight excluding hydrogens is 508 g/mol. The molecule has 2 bridgehead atoms. The van der Waals surface area contributed by atoms with Gasteiger partial charge in [-0.3, -0.25) is 14.4 Å². The molecule has 3 saturated heterocycles. The fourth-order valence-electron chi connectivity index (χ4n) is 7.33. The molecule has 3 aliphatic heterocycles. The van der Waals surface area contributed by atoms with E-state index in [0.29, 0.717) is 12.8 Å². The van der Waals surface area contributed by atoms with Gasteiger partial charge in [-0.05, 0) is 70.4 Å². The average Bonchev–Trinajstić information content (AvgIpc) is 3.43. The molecule has 7 atom stereocenters. The van der Waals surface area contributed by atoms with Gasteiger partial charge in [-0.25, -0.2) is 0 Å². The van der Waals surface area contributed by atoms with E-state index < -0.39 is 41.1 Å². The van der Waals surface area contributed by atoms with Crippen molar-refractivity contribution >= 4 is 23.5 Å². The zero-order valence-corrected chi connectivity index (χ0v) is 24.5.